The van der Waals surface area contributed by atoms with Crippen LogP contribution in [-0.2, 0) is 9.47 Å². The van der Waals surface area contributed by atoms with Crippen LogP contribution in [0.2, 0.25) is 0 Å². The fraction of sp³-hybridized carbons (Fsp3) is 0.500. The molecule has 18 heavy (non-hydrogen) atoms. The van der Waals surface area contributed by atoms with Gasteiger partial charge < -0.3 is 14.4 Å². The van der Waals surface area contributed by atoms with Gasteiger partial charge in [-0.1, -0.05) is 0 Å². The third-order valence-electron chi connectivity index (χ3n) is 2.78. The number of aromatic nitrogens is 1. The number of halogens is 1. The van der Waals surface area contributed by atoms with Gasteiger partial charge in [0.1, 0.15) is 11.4 Å². The number of methoxy groups -OCH3 is 1. The Morgan fingerprint density at radius 3 is 3.11 bits per heavy atom. The van der Waals surface area contributed by atoms with E-state index in [1.54, 1.807) is 12.3 Å². The number of hydrogen-bond acceptors (Lipinski definition) is 5. The lowest BCUT2D eigenvalue weighted by Gasteiger charge is -2.32. The molecule has 1 aromatic rings. The van der Waals surface area contributed by atoms with Crippen LogP contribution < -0.4 is 4.90 Å². The van der Waals surface area contributed by atoms with E-state index < -0.39 is 0 Å². The molecule has 5 nitrogen and oxygen atoms in total. The summed E-state index contributed by atoms with van der Waals surface area (Å²) in [6.07, 6.45) is 1.82. The first-order valence-electron chi connectivity index (χ1n) is 5.72. The van der Waals surface area contributed by atoms with Gasteiger partial charge in [0, 0.05) is 23.8 Å². The summed E-state index contributed by atoms with van der Waals surface area (Å²) in [5.41, 5.74) is 0.473. The Labute approximate surface area is 114 Å². The fourth-order valence-corrected chi connectivity index (χ4v) is 2.29. The monoisotopic (exact) mass is 314 g/mol. The van der Waals surface area contributed by atoms with Gasteiger partial charge in [-0.3, -0.25) is 0 Å². The summed E-state index contributed by atoms with van der Waals surface area (Å²) in [5.74, 6) is 0.276. The summed E-state index contributed by atoms with van der Waals surface area (Å²) in [6.45, 7) is 4.09. The average Bonchev–Trinajstić information content (AvgIpc) is 2.37. The Hall–Kier alpha value is -1.14. The molecule has 1 atom stereocenters. The molecule has 98 valence electrons. The maximum absolute atomic E-state index is 11.8. The molecule has 2 rings (SSSR count). The van der Waals surface area contributed by atoms with Crippen molar-refractivity contribution >= 4 is 27.7 Å². The quantitative estimate of drug-likeness (QED) is 0.780. The van der Waals surface area contributed by atoms with Crippen LogP contribution in [-0.4, -0.2) is 43.9 Å². The standard InChI is InChI=1S/C12H15BrN2O3/c1-8-7-15(3-4-18-8)11-10(12(16)17-2)5-9(13)6-14-11/h5-6,8H,3-4,7H2,1-2H3/t8-/m0/s1. The molecule has 0 spiro atoms. The second-order valence-electron chi connectivity index (χ2n) is 4.14. The molecule has 0 aliphatic carbocycles. The minimum absolute atomic E-state index is 0.134. The summed E-state index contributed by atoms with van der Waals surface area (Å²) in [7, 11) is 1.37. The molecule has 6 heteroatoms. The molecule has 0 amide bonds. The number of esters is 1. The van der Waals surface area contributed by atoms with Gasteiger partial charge in [0.25, 0.3) is 0 Å². The Morgan fingerprint density at radius 2 is 2.44 bits per heavy atom. The van der Waals surface area contributed by atoms with Crippen molar-refractivity contribution in [3.8, 4) is 0 Å². The first-order chi connectivity index (χ1) is 8.61. The van der Waals surface area contributed by atoms with Crippen LogP contribution in [0.5, 0.6) is 0 Å². The van der Waals surface area contributed by atoms with Crippen molar-refractivity contribution < 1.29 is 14.3 Å². The normalized spacial score (nSPS) is 19.7. The smallest absolute Gasteiger partial charge is 0.341 e. The Balaban J connectivity index is 2.34. The first kappa shape index (κ1) is 13.3. The number of ether oxygens (including phenoxy) is 2. The van der Waals surface area contributed by atoms with E-state index in [4.69, 9.17) is 9.47 Å². The molecule has 0 saturated carbocycles. The van der Waals surface area contributed by atoms with Gasteiger partial charge in [-0.2, -0.15) is 0 Å². The number of hydrogen-bond donors (Lipinski definition) is 0. The molecular formula is C12H15BrN2O3. The van der Waals surface area contributed by atoms with Crippen LogP contribution in [0.15, 0.2) is 16.7 Å². The number of pyridine rings is 1. The molecule has 1 aliphatic rings. The fourth-order valence-electron chi connectivity index (χ4n) is 1.96. The molecule has 1 aromatic heterocycles. The largest absolute Gasteiger partial charge is 0.465 e. The van der Waals surface area contributed by atoms with Crippen LogP contribution >= 0.6 is 15.9 Å². The second kappa shape index (κ2) is 5.67. The zero-order valence-corrected chi connectivity index (χ0v) is 11.9. The van der Waals surface area contributed by atoms with Crippen molar-refractivity contribution in [2.45, 2.75) is 13.0 Å². The third kappa shape index (κ3) is 2.81. The zero-order chi connectivity index (χ0) is 13.1. The highest BCUT2D eigenvalue weighted by Crippen LogP contribution is 2.24. The minimum Gasteiger partial charge on any atom is -0.465 e. The third-order valence-corrected chi connectivity index (χ3v) is 3.21. The van der Waals surface area contributed by atoms with Gasteiger partial charge in [-0.15, -0.1) is 0 Å². The van der Waals surface area contributed by atoms with Crippen LogP contribution in [0.3, 0.4) is 0 Å². The number of carbonyl (C=O) groups excluding carboxylic acids is 1. The summed E-state index contributed by atoms with van der Waals surface area (Å²) in [5, 5.41) is 0. The second-order valence-corrected chi connectivity index (χ2v) is 5.06. The highest BCUT2D eigenvalue weighted by Gasteiger charge is 2.23. The number of anilines is 1. The predicted octanol–water partition coefficient (Wildman–Crippen LogP) is 1.86. The maximum Gasteiger partial charge on any atom is 0.341 e. The average molecular weight is 315 g/mol. The van der Waals surface area contributed by atoms with E-state index >= 15 is 0 Å². The van der Waals surface area contributed by atoms with E-state index in [-0.39, 0.29) is 12.1 Å². The van der Waals surface area contributed by atoms with E-state index in [0.717, 1.165) is 17.6 Å². The van der Waals surface area contributed by atoms with Crippen LogP contribution in [0.1, 0.15) is 17.3 Å². The molecule has 1 saturated heterocycles. The molecule has 0 aromatic carbocycles. The molecule has 1 fully saturated rings. The van der Waals surface area contributed by atoms with Gasteiger partial charge >= 0.3 is 5.97 Å². The molecule has 0 N–H and O–H groups in total. The number of rotatable bonds is 2. The van der Waals surface area contributed by atoms with Gasteiger partial charge in [0.2, 0.25) is 0 Å². The lowest BCUT2D eigenvalue weighted by atomic mass is 10.2. The predicted molar refractivity (Wildman–Crippen MR) is 70.9 cm³/mol. The summed E-state index contributed by atoms with van der Waals surface area (Å²) >= 11 is 3.32. The number of nitrogens with zero attached hydrogens (tertiary/aromatic N) is 2. The molecule has 0 unspecified atom stereocenters. The van der Waals surface area contributed by atoms with E-state index in [0.29, 0.717) is 18.0 Å². The number of morpholine rings is 1. The molecule has 2 heterocycles. The lowest BCUT2D eigenvalue weighted by molar-refractivity contribution is 0.0519. The zero-order valence-electron chi connectivity index (χ0n) is 10.4. The Kier molecular flexibility index (Phi) is 4.19. The van der Waals surface area contributed by atoms with Crippen LogP contribution in [0.25, 0.3) is 0 Å². The highest BCUT2D eigenvalue weighted by molar-refractivity contribution is 9.10. The van der Waals surface area contributed by atoms with Crippen molar-refractivity contribution in [2.75, 3.05) is 31.7 Å². The van der Waals surface area contributed by atoms with Gasteiger partial charge in [-0.05, 0) is 28.9 Å². The summed E-state index contributed by atoms with van der Waals surface area (Å²) in [6, 6.07) is 1.73. The Morgan fingerprint density at radius 1 is 1.67 bits per heavy atom. The van der Waals surface area contributed by atoms with Crippen molar-refractivity contribution in [3.05, 3.63) is 22.3 Å². The van der Waals surface area contributed by atoms with Gasteiger partial charge in [0.15, 0.2) is 0 Å². The molecular weight excluding hydrogens is 300 g/mol. The van der Waals surface area contributed by atoms with Gasteiger partial charge in [-0.25, -0.2) is 9.78 Å². The van der Waals surface area contributed by atoms with E-state index in [1.807, 2.05) is 11.8 Å². The summed E-state index contributed by atoms with van der Waals surface area (Å²) in [4.78, 5) is 18.1. The van der Waals surface area contributed by atoms with E-state index in [9.17, 15) is 4.79 Å². The maximum atomic E-state index is 11.8. The molecule has 0 radical (unpaired) electrons. The lowest BCUT2D eigenvalue weighted by Crippen LogP contribution is -2.42. The Bertz CT molecular complexity index is 453. The first-order valence-corrected chi connectivity index (χ1v) is 6.51. The van der Waals surface area contributed by atoms with E-state index in [2.05, 4.69) is 20.9 Å². The molecule has 1 aliphatic heterocycles. The number of carbonyl (C=O) groups is 1. The minimum atomic E-state index is -0.377. The van der Waals surface area contributed by atoms with Gasteiger partial charge in [0.05, 0.1) is 19.8 Å². The SMILES string of the molecule is COC(=O)c1cc(Br)cnc1N1CCO[C@@H](C)C1. The van der Waals surface area contributed by atoms with Crippen molar-refractivity contribution in [1.29, 1.82) is 0 Å². The van der Waals surface area contributed by atoms with Crippen LogP contribution in [0, 0.1) is 0 Å². The van der Waals surface area contributed by atoms with Crippen molar-refractivity contribution in [1.82, 2.24) is 4.98 Å². The van der Waals surface area contributed by atoms with Crippen molar-refractivity contribution in [2.24, 2.45) is 0 Å². The van der Waals surface area contributed by atoms with Crippen molar-refractivity contribution in [3.63, 3.8) is 0 Å². The summed E-state index contributed by atoms with van der Waals surface area (Å²) < 4.78 is 11.0. The van der Waals surface area contributed by atoms with E-state index in [1.165, 1.54) is 7.11 Å². The highest BCUT2D eigenvalue weighted by atomic mass is 79.9. The molecule has 0 bridgehead atoms. The topological polar surface area (TPSA) is 51.7 Å². The van der Waals surface area contributed by atoms with Crippen LogP contribution in [0.4, 0.5) is 5.82 Å².